The van der Waals surface area contributed by atoms with Crippen LogP contribution in [-0.2, 0) is 9.59 Å². The SMILES string of the molecule is O=C(O)C1C2CCCC2CN1C(=O)/C=C/c1ccc(Br)s1. The van der Waals surface area contributed by atoms with Crippen molar-refractivity contribution in [3.63, 3.8) is 0 Å². The molecule has 112 valence electrons. The normalized spacial score (nSPS) is 28.2. The minimum atomic E-state index is -0.870. The van der Waals surface area contributed by atoms with Crippen LogP contribution in [0.1, 0.15) is 24.1 Å². The monoisotopic (exact) mass is 369 g/mol. The van der Waals surface area contributed by atoms with Crippen molar-refractivity contribution >= 4 is 45.2 Å². The predicted octanol–water partition coefficient (Wildman–Crippen LogP) is 3.24. The number of nitrogens with zero attached hydrogens (tertiary/aromatic N) is 1. The van der Waals surface area contributed by atoms with E-state index in [1.54, 1.807) is 6.08 Å². The Morgan fingerprint density at radius 3 is 2.86 bits per heavy atom. The third kappa shape index (κ3) is 2.92. The van der Waals surface area contributed by atoms with E-state index in [2.05, 4.69) is 15.9 Å². The molecular weight excluding hydrogens is 354 g/mol. The molecule has 1 saturated heterocycles. The zero-order chi connectivity index (χ0) is 15.0. The van der Waals surface area contributed by atoms with Gasteiger partial charge in [-0.3, -0.25) is 4.79 Å². The van der Waals surface area contributed by atoms with Crippen molar-refractivity contribution in [2.24, 2.45) is 11.8 Å². The van der Waals surface area contributed by atoms with Gasteiger partial charge in [0, 0.05) is 17.5 Å². The molecule has 2 fully saturated rings. The van der Waals surface area contributed by atoms with Crippen LogP contribution < -0.4 is 0 Å². The minimum absolute atomic E-state index is 0.135. The van der Waals surface area contributed by atoms with Crippen LogP contribution in [0, 0.1) is 11.8 Å². The fourth-order valence-corrected chi connectivity index (χ4v) is 4.84. The summed E-state index contributed by atoms with van der Waals surface area (Å²) in [5.41, 5.74) is 0. The molecule has 4 nitrogen and oxygen atoms in total. The Bertz CT molecular complexity index is 597. The first-order chi connectivity index (χ1) is 10.1. The van der Waals surface area contributed by atoms with Gasteiger partial charge in [-0.25, -0.2) is 4.79 Å². The molecule has 1 aliphatic carbocycles. The topological polar surface area (TPSA) is 57.6 Å². The Kier molecular flexibility index (Phi) is 4.17. The van der Waals surface area contributed by atoms with Crippen molar-refractivity contribution in [2.75, 3.05) is 6.54 Å². The van der Waals surface area contributed by atoms with Crippen LogP contribution in [0.25, 0.3) is 6.08 Å². The fraction of sp³-hybridized carbons (Fsp3) is 0.467. The molecule has 2 heterocycles. The Morgan fingerprint density at radius 2 is 2.19 bits per heavy atom. The number of carboxylic acids is 1. The molecule has 3 atom stereocenters. The fourth-order valence-electron chi connectivity index (χ4n) is 3.52. The number of amides is 1. The van der Waals surface area contributed by atoms with Crippen molar-refractivity contribution < 1.29 is 14.7 Å². The second-order valence-corrected chi connectivity index (χ2v) is 8.10. The number of carbonyl (C=O) groups excluding carboxylic acids is 1. The standard InChI is InChI=1S/C15H16BrNO3S/c16-12-6-4-10(21-12)5-7-13(18)17-8-9-2-1-3-11(9)14(17)15(19)20/h4-7,9,11,14H,1-3,8H2,(H,19,20)/b7-5+. The lowest BCUT2D eigenvalue weighted by molar-refractivity contribution is -0.148. The Morgan fingerprint density at radius 1 is 1.38 bits per heavy atom. The van der Waals surface area contributed by atoms with Crippen molar-refractivity contribution in [3.8, 4) is 0 Å². The van der Waals surface area contributed by atoms with Crippen LogP contribution >= 0.6 is 27.3 Å². The minimum Gasteiger partial charge on any atom is -0.480 e. The molecule has 3 rings (SSSR count). The molecule has 1 aromatic heterocycles. The number of halogens is 1. The molecule has 1 aromatic rings. The van der Waals surface area contributed by atoms with E-state index in [1.807, 2.05) is 12.1 Å². The lowest BCUT2D eigenvalue weighted by Gasteiger charge is -2.23. The highest BCUT2D eigenvalue weighted by Crippen LogP contribution is 2.42. The zero-order valence-electron chi connectivity index (χ0n) is 11.4. The first-order valence-corrected chi connectivity index (χ1v) is 8.64. The summed E-state index contributed by atoms with van der Waals surface area (Å²) in [5.74, 6) is -0.568. The number of carbonyl (C=O) groups is 2. The molecule has 0 aromatic carbocycles. The van der Waals surface area contributed by atoms with E-state index in [0.29, 0.717) is 12.5 Å². The van der Waals surface area contributed by atoms with E-state index in [0.717, 1.165) is 27.9 Å². The number of fused-ring (bicyclic) bond motifs is 1. The summed E-state index contributed by atoms with van der Waals surface area (Å²) in [6, 6.07) is 3.20. The number of hydrogen-bond acceptors (Lipinski definition) is 3. The molecule has 0 bridgehead atoms. The lowest BCUT2D eigenvalue weighted by Crippen LogP contribution is -2.42. The summed E-state index contributed by atoms with van der Waals surface area (Å²) in [6.07, 6.45) is 6.30. The molecule has 1 saturated carbocycles. The third-order valence-electron chi connectivity index (χ3n) is 4.41. The number of hydrogen-bond donors (Lipinski definition) is 1. The van der Waals surface area contributed by atoms with Crippen LogP contribution in [0.15, 0.2) is 22.0 Å². The number of likely N-dealkylation sites (tertiary alicyclic amines) is 1. The molecule has 1 aliphatic heterocycles. The Balaban J connectivity index is 1.74. The predicted molar refractivity (Wildman–Crippen MR) is 85.0 cm³/mol. The van der Waals surface area contributed by atoms with Crippen molar-refractivity contribution in [2.45, 2.75) is 25.3 Å². The number of rotatable bonds is 3. The van der Waals surface area contributed by atoms with Crippen molar-refractivity contribution in [1.29, 1.82) is 0 Å². The highest BCUT2D eigenvalue weighted by atomic mass is 79.9. The molecule has 21 heavy (non-hydrogen) atoms. The van der Waals surface area contributed by atoms with Crippen molar-refractivity contribution in [1.82, 2.24) is 4.90 Å². The molecule has 6 heteroatoms. The van der Waals surface area contributed by atoms with E-state index in [4.69, 9.17) is 0 Å². The van der Waals surface area contributed by atoms with E-state index >= 15 is 0 Å². The Hall–Kier alpha value is -1.14. The van der Waals surface area contributed by atoms with Gasteiger partial charge in [-0.1, -0.05) is 6.42 Å². The molecule has 1 amide bonds. The maximum atomic E-state index is 12.3. The number of thiophene rings is 1. The number of aliphatic carboxylic acids is 1. The van der Waals surface area contributed by atoms with E-state index < -0.39 is 12.0 Å². The maximum absolute atomic E-state index is 12.3. The van der Waals surface area contributed by atoms with Crippen LogP contribution in [0.3, 0.4) is 0 Å². The average Bonchev–Trinajstić information content (AvgIpc) is 3.09. The van der Waals surface area contributed by atoms with Crippen LogP contribution in [0.2, 0.25) is 0 Å². The van der Waals surface area contributed by atoms with E-state index in [9.17, 15) is 14.7 Å². The molecule has 3 unspecified atom stereocenters. The molecule has 0 spiro atoms. The molecule has 1 N–H and O–H groups in total. The second kappa shape index (κ2) is 5.93. The Labute approximate surface area is 135 Å². The summed E-state index contributed by atoms with van der Waals surface area (Å²) < 4.78 is 1.01. The average molecular weight is 370 g/mol. The van der Waals surface area contributed by atoms with Crippen molar-refractivity contribution in [3.05, 3.63) is 26.9 Å². The molecular formula is C15H16BrNO3S. The highest BCUT2D eigenvalue weighted by molar-refractivity contribution is 9.11. The van der Waals surface area contributed by atoms with Gasteiger partial charge in [-0.2, -0.15) is 0 Å². The van der Waals surface area contributed by atoms with Gasteiger partial charge in [0.05, 0.1) is 3.79 Å². The molecule has 0 radical (unpaired) electrons. The van der Waals surface area contributed by atoms with Gasteiger partial charge in [0.15, 0.2) is 0 Å². The van der Waals surface area contributed by atoms with Crippen LogP contribution in [0.4, 0.5) is 0 Å². The van der Waals surface area contributed by atoms with Gasteiger partial charge >= 0.3 is 5.97 Å². The quantitative estimate of drug-likeness (QED) is 0.832. The summed E-state index contributed by atoms with van der Waals surface area (Å²) in [7, 11) is 0. The number of carboxylic acid groups (broad SMARTS) is 1. The first kappa shape index (κ1) is 14.8. The van der Waals surface area contributed by atoms with Gasteiger partial charge < -0.3 is 10.0 Å². The van der Waals surface area contributed by atoms with E-state index in [1.165, 1.54) is 22.3 Å². The van der Waals surface area contributed by atoms with Gasteiger partial charge in [0.25, 0.3) is 0 Å². The summed E-state index contributed by atoms with van der Waals surface area (Å²) in [5, 5.41) is 9.45. The van der Waals surface area contributed by atoms with Gasteiger partial charge in [0.2, 0.25) is 5.91 Å². The van der Waals surface area contributed by atoms with Gasteiger partial charge in [0.1, 0.15) is 6.04 Å². The third-order valence-corrected chi connectivity index (χ3v) is 6.00. The first-order valence-electron chi connectivity index (χ1n) is 7.03. The summed E-state index contributed by atoms with van der Waals surface area (Å²) in [4.78, 5) is 26.4. The van der Waals surface area contributed by atoms with Gasteiger partial charge in [-0.15, -0.1) is 11.3 Å². The smallest absolute Gasteiger partial charge is 0.326 e. The van der Waals surface area contributed by atoms with Gasteiger partial charge in [-0.05, 0) is 58.8 Å². The summed E-state index contributed by atoms with van der Waals surface area (Å²) in [6.45, 7) is 0.582. The lowest BCUT2D eigenvalue weighted by atomic mass is 9.94. The second-order valence-electron chi connectivity index (χ2n) is 5.60. The van der Waals surface area contributed by atoms with Crippen LogP contribution in [-0.4, -0.2) is 34.5 Å². The highest BCUT2D eigenvalue weighted by Gasteiger charge is 2.48. The van der Waals surface area contributed by atoms with E-state index in [-0.39, 0.29) is 11.8 Å². The largest absolute Gasteiger partial charge is 0.480 e. The molecule has 2 aliphatic rings. The van der Waals surface area contributed by atoms with Crippen LogP contribution in [0.5, 0.6) is 0 Å². The zero-order valence-corrected chi connectivity index (χ0v) is 13.8. The summed E-state index contributed by atoms with van der Waals surface area (Å²) >= 11 is 4.92. The maximum Gasteiger partial charge on any atom is 0.326 e.